The molecule has 0 aliphatic heterocycles. The van der Waals surface area contributed by atoms with Gasteiger partial charge >= 0.3 is 0 Å². The van der Waals surface area contributed by atoms with Crippen LogP contribution < -0.4 is 0 Å². The van der Waals surface area contributed by atoms with Crippen molar-refractivity contribution in [3.63, 3.8) is 0 Å². The van der Waals surface area contributed by atoms with E-state index >= 15 is 0 Å². The van der Waals surface area contributed by atoms with Gasteiger partial charge in [0.1, 0.15) is 5.75 Å². The Kier molecular flexibility index (Phi) is 3.89. The second-order valence-electron chi connectivity index (χ2n) is 6.30. The minimum absolute atomic E-state index is 0.319. The van der Waals surface area contributed by atoms with Crippen LogP contribution in [0.2, 0.25) is 0 Å². The monoisotopic (exact) mass is 290 g/mol. The lowest BCUT2D eigenvalue weighted by atomic mass is 9.90. The highest BCUT2D eigenvalue weighted by Crippen LogP contribution is 2.33. The van der Waals surface area contributed by atoms with Gasteiger partial charge in [-0.25, -0.2) is 0 Å². The zero-order chi connectivity index (χ0) is 15.7. The van der Waals surface area contributed by atoms with E-state index in [9.17, 15) is 5.11 Å². The molecule has 0 saturated heterocycles. The Morgan fingerprint density at radius 3 is 2.14 bits per heavy atom. The molecule has 1 atom stereocenters. The van der Waals surface area contributed by atoms with Gasteiger partial charge in [0.2, 0.25) is 0 Å². The van der Waals surface area contributed by atoms with Crippen LogP contribution in [-0.2, 0) is 0 Å². The first-order valence-electron chi connectivity index (χ1n) is 7.88. The van der Waals surface area contributed by atoms with E-state index in [0.29, 0.717) is 17.6 Å². The third-order valence-electron chi connectivity index (χ3n) is 4.43. The van der Waals surface area contributed by atoms with Gasteiger partial charge in [-0.3, -0.25) is 0 Å². The summed E-state index contributed by atoms with van der Waals surface area (Å²) in [6.07, 6.45) is 0. The molecular weight excluding hydrogens is 268 g/mol. The molecule has 0 bridgehead atoms. The molecule has 0 radical (unpaired) electrons. The summed E-state index contributed by atoms with van der Waals surface area (Å²) in [5, 5.41) is 12.4. The first kappa shape index (κ1) is 14.6. The van der Waals surface area contributed by atoms with E-state index < -0.39 is 0 Å². The third kappa shape index (κ3) is 2.71. The molecule has 0 aliphatic rings. The van der Waals surface area contributed by atoms with E-state index in [1.54, 1.807) is 0 Å². The molecular formula is C21H22O. The summed E-state index contributed by atoms with van der Waals surface area (Å²) in [6, 6.07) is 21.1. The molecule has 3 rings (SSSR count). The standard InChI is InChI=1S/C21H22O/c1-14(2)20-12-19-11-17(9-10-18(19)13-21(20)22)15(3)16-7-5-4-6-8-16/h4-15,22H,1-3H3. The number of hydrogen-bond donors (Lipinski definition) is 1. The van der Waals surface area contributed by atoms with Gasteiger partial charge in [0.15, 0.2) is 0 Å². The molecule has 112 valence electrons. The van der Waals surface area contributed by atoms with E-state index in [0.717, 1.165) is 10.9 Å². The first-order valence-corrected chi connectivity index (χ1v) is 7.88. The van der Waals surface area contributed by atoms with Crippen LogP contribution in [0, 0.1) is 0 Å². The van der Waals surface area contributed by atoms with E-state index in [2.05, 4.69) is 69.3 Å². The van der Waals surface area contributed by atoms with Gasteiger partial charge in [-0.1, -0.05) is 69.3 Å². The predicted octanol–water partition coefficient (Wildman–Crippen LogP) is 5.82. The van der Waals surface area contributed by atoms with Crippen molar-refractivity contribution < 1.29 is 5.11 Å². The highest BCUT2D eigenvalue weighted by molar-refractivity contribution is 5.86. The highest BCUT2D eigenvalue weighted by Gasteiger charge is 2.11. The summed E-state index contributed by atoms with van der Waals surface area (Å²) in [7, 11) is 0. The zero-order valence-electron chi connectivity index (χ0n) is 13.4. The lowest BCUT2D eigenvalue weighted by Crippen LogP contribution is -1.96. The average Bonchev–Trinajstić information content (AvgIpc) is 2.53. The largest absolute Gasteiger partial charge is 0.508 e. The van der Waals surface area contributed by atoms with Gasteiger partial charge < -0.3 is 5.11 Å². The maximum atomic E-state index is 10.1. The number of hydrogen-bond acceptors (Lipinski definition) is 1. The van der Waals surface area contributed by atoms with Crippen molar-refractivity contribution in [2.75, 3.05) is 0 Å². The van der Waals surface area contributed by atoms with E-state index in [1.165, 1.54) is 16.5 Å². The van der Waals surface area contributed by atoms with Gasteiger partial charge in [0, 0.05) is 5.92 Å². The fourth-order valence-corrected chi connectivity index (χ4v) is 2.99. The topological polar surface area (TPSA) is 20.2 Å². The summed E-state index contributed by atoms with van der Waals surface area (Å²) in [5.41, 5.74) is 3.64. The highest BCUT2D eigenvalue weighted by atomic mass is 16.3. The molecule has 0 saturated carbocycles. The second-order valence-corrected chi connectivity index (χ2v) is 6.30. The zero-order valence-corrected chi connectivity index (χ0v) is 13.4. The van der Waals surface area contributed by atoms with Crippen molar-refractivity contribution in [3.8, 4) is 5.75 Å². The van der Waals surface area contributed by atoms with Crippen LogP contribution in [0.5, 0.6) is 5.75 Å². The first-order chi connectivity index (χ1) is 10.6. The second kappa shape index (κ2) is 5.84. The maximum absolute atomic E-state index is 10.1. The Morgan fingerprint density at radius 2 is 1.45 bits per heavy atom. The fraction of sp³-hybridized carbons (Fsp3) is 0.238. The Hall–Kier alpha value is -2.28. The quantitative estimate of drug-likeness (QED) is 0.644. The van der Waals surface area contributed by atoms with Gasteiger partial charge in [-0.05, 0) is 45.5 Å². The van der Waals surface area contributed by atoms with Crippen LogP contribution >= 0.6 is 0 Å². The van der Waals surface area contributed by atoms with Crippen molar-refractivity contribution >= 4 is 10.8 Å². The van der Waals surface area contributed by atoms with Crippen LogP contribution in [0.3, 0.4) is 0 Å². The summed E-state index contributed by atoms with van der Waals surface area (Å²) in [4.78, 5) is 0. The Bertz CT molecular complexity index is 788. The van der Waals surface area contributed by atoms with E-state index in [1.807, 2.05) is 12.1 Å². The van der Waals surface area contributed by atoms with Gasteiger partial charge in [-0.2, -0.15) is 0 Å². The van der Waals surface area contributed by atoms with Crippen molar-refractivity contribution in [1.29, 1.82) is 0 Å². The van der Waals surface area contributed by atoms with Crippen molar-refractivity contribution in [2.45, 2.75) is 32.6 Å². The SMILES string of the molecule is CC(C)c1cc2cc(C(C)c3ccccc3)ccc2cc1O. The van der Waals surface area contributed by atoms with Crippen LogP contribution in [0.4, 0.5) is 0 Å². The average molecular weight is 290 g/mol. The molecule has 0 aromatic heterocycles. The van der Waals surface area contributed by atoms with Gasteiger partial charge in [-0.15, -0.1) is 0 Å². The third-order valence-corrected chi connectivity index (χ3v) is 4.43. The van der Waals surface area contributed by atoms with Crippen LogP contribution in [0.1, 0.15) is 49.3 Å². The Morgan fingerprint density at radius 1 is 0.727 bits per heavy atom. The molecule has 0 amide bonds. The van der Waals surface area contributed by atoms with Crippen molar-refractivity contribution in [1.82, 2.24) is 0 Å². The van der Waals surface area contributed by atoms with Crippen LogP contribution in [0.25, 0.3) is 10.8 Å². The number of benzene rings is 3. The number of phenols is 1. The minimum Gasteiger partial charge on any atom is -0.508 e. The smallest absolute Gasteiger partial charge is 0.119 e. The van der Waals surface area contributed by atoms with Crippen molar-refractivity contribution in [2.24, 2.45) is 0 Å². The fourth-order valence-electron chi connectivity index (χ4n) is 2.99. The number of phenolic OH excluding ortho intramolecular Hbond substituents is 1. The Balaban J connectivity index is 2.07. The van der Waals surface area contributed by atoms with Gasteiger partial charge in [0.05, 0.1) is 0 Å². The van der Waals surface area contributed by atoms with Crippen LogP contribution in [-0.4, -0.2) is 5.11 Å². The maximum Gasteiger partial charge on any atom is 0.119 e. The number of aromatic hydroxyl groups is 1. The lowest BCUT2D eigenvalue weighted by molar-refractivity contribution is 0.466. The molecule has 1 heteroatoms. The molecule has 0 heterocycles. The van der Waals surface area contributed by atoms with Crippen LogP contribution in [0.15, 0.2) is 60.7 Å². The molecule has 22 heavy (non-hydrogen) atoms. The van der Waals surface area contributed by atoms with Crippen molar-refractivity contribution in [3.05, 3.63) is 77.4 Å². The molecule has 1 unspecified atom stereocenters. The molecule has 0 aliphatic carbocycles. The number of fused-ring (bicyclic) bond motifs is 1. The summed E-state index contributed by atoms with van der Waals surface area (Å²) in [5.74, 6) is 1.08. The molecule has 0 fully saturated rings. The number of rotatable bonds is 3. The molecule has 1 nitrogen and oxygen atoms in total. The summed E-state index contributed by atoms with van der Waals surface area (Å²) in [6.45, 7) is 6.45. The minimum atomic E-state index is 0.319. The lowest BCUT2D eigenvalue weighted by Gasteiger charge is -2.15. The molecule has 3 aromatic carbocycles. The predicted molar refractivity (Wildman–Crippen MR) is 93.7 cm³/mol. The molecule has 1 N–H and O–H groups in total. The molecule has 0 spiro atoms. The summed E-state index contributed by atoms with van der Waals surface area (Å²) < 4.78 is 0. The van der Waals surface area contributed by atoms with Gasteiger partial charge in [0.25, 0.3) is 0 Å². The van der Waals surface area contributed by atoms with E-state index in [4.69, 9.17) is 0 Å². The molecule has 3 aromatic rings. The normalized spacial score (nSPS) is 12.7. The Labute approximate surface area is 132 Å². The summed E-state index contributed by atoms with van der Waals surface area (Å²) >= 11 is 0. The van der Waals surface area contributed by atoms with E-state index in [-0.39, 0.29) is 0 Å².